The lowest BCUT2D eigenvalue weighted by Gasteiger charge is -2.11. The van der Waals surface area contributed by atoms with E-state index >= 15 is 0 Å². The van der Waals surface area contributed by atoms with Gasteiger partial charge in [0.1, 0.15) is 0 Å². The second-order valence-electron chi connectivity index (χ2n) is 5.22. The van der Waals surface area contributed by atoms with Gasteiger partial charge in [-0.3, -0.25) is 4.68 Å². The van der Waals surface area contributed by atoms with Crippen LogP contribution in [0.4, 0.5) is 0 Å². The summed E-state index contributed by atoms with van der Waals surface area (Å²) in [7, 11) is 1.97. The summed E-state index contributed by atoms with van der Waals surface area (Å²) >= 11 is 0. The van der Waals surface area contributed by atoms with Gasteiger partial charge in [0, 0.05) is 24.8 Å². The Labute approximate surface area is 112 Å². The molecule has 0 aliphatic rings. The van der Waals surface area contributed by atoms with Crippen molar-refractivity contribution in [2.75, 3.05) is 0 Å². The maximum atomic E-state index is 6.27. The fourth-order valence-electron chi connectivity index (χ4n) is 2.44. The van der Waals surface area contributed by atoms with Crippen LogP contribution in [-0.2, 0) is 13.5 Å². The molecule has 1 unspecified atom stereocenters. The van der Waals surface area contributed by atoms with Crippen LogP contribution in [0.15, 0.2) is 6.20 Å². The van der Waals surface area contributed by atoms with Gasteiger partial charge < -0.3 is 5.73 Å². The topological polar surface area (TPSA) is 43.8 Å². The highest BCUT2D eigenvalue weighted by Crippen LogP contribution is 2.21. The molecule has 3 heteroatoms. The number of rotatable bonds is 9. The van der Waals surface area contributed by atoms with E-state index in [0.29, 0.717) is 0 Å². The Morgan fingerprint density at radius 1 is 1.17 bits per heavy atom. The number of hydrogen-bond acceptors (Lipinski definition) is 2. The van der Waals surface area contributed by atoms with Crippen LogP contribution >= 0.6 is 0 Å². The molecular formula is C15H29N3. The molecule has 18 heavy (non-hydrogen) atoms. The van der Waals surface area contributed by atoms with Gasteiger partial charge in [-0.2, -0.15) is 5.10 Å². The Balaban J connectivity index is 2.29. The molecule has 1 aromatic rings. The molecule has 0 saturated carbocycles. The van der Waals surface area contributed by atoms with Crippen molar-refractivity contribution in [2.24, 2.45) is 12.8 Å². The summed E-state index contributed by atoms with van der Waals surface area (Å²) in [5, 5.41) is 4.46. The van der Waals surface area contributed by atoms with Gasteiger partial charge in [0.2, 0.25) is 0 Å². The number of unbranched alkanes of at least 4 members (excludes halogenated alkanes) is 5. The van der Waals surface area contributed by atoms with Gasteiger partial charge in [-0.05, 0) is 12.8 Å². The Hall–Kier alpha value is -0.830. The maximum Gasteiger partial charge on any atom is 0.0669 e. The molecule has 0 aliphatic heterocycles. The van der Waals surface area contributed by atoms with Crippen LogP contribution in [0, 0.1) is 0 Å². The average Bonchev–Trinajstić information content (AvgIpc) is 2.74. The van der Waals surface area contributed by atoms with Gasteiger partial charge >= 0.3 is 0 Å². The monoisotopic (exact) mass is 251 g/mol. The van der Waals surface area contributed by atoms with Gasteiger partial charge in [-0.15, -0.1) is 0 Å². The molecule has 1 rings (SSSR count). The third-order valence-corrected chi connectivity index (χ3v) is 3.54. The van der Waals surface area contributed by atoms with E-state index < -0.39 is 0 Å². The summed E-state index contributed by atoms with van der Waals surface area (Å²) in [4.78, 5) is 0. The number of aromatic nitrogens is 2. The predicted molar refractivity (Wildman–Crippen MR) is 77.5 cm³/mol. The smallest absolute Gasteiger partial charge is 0.0669 e. The fraction of sp³-hybridized carbons (Fsp3) is 0.800. The first-order chi connectivity index (χ1) is 8.69. The van der Waals surface area contributed by atoms with Crippen LogP contribution in [0.3, 0.4) is 0 Å². The first-order valence-electron chi connectivity index (χ1n) is 7.47. The molecule has 104 valence electrons. The summed E-state index contributed by atoms with van der Waals surface area (Å²) in [5.41, 5.74) is 8.68. The lowest BCUT2D eigenvalue weighted by atomic mass is 10.00. The Morgan fingerprint density at radius 2 is 1.83 bits per heavy atom. The van der Waals surface area contributed by atoms with E-state index in [1.165, 1.54) is 44.1 Å². The summed E-state index contributed by atoms with van der Waals surface area (Å²) < 4.78 is 1.88. The predicted octanol–water partition coefficient (Wildman–Crippen LogP) is 3.73. The molecule has 0 bridgehead atoms. The largest absolute Gasteiger partial charge is 0.324 e. The number of aryl methyl sites for hydroxylation is 2. The lowest BCUT2D eigenvalue weighted by Crippen LogP contribution is -2.11. The third kappa shape index (κ3) is 4.81. The van der Waals surface area contributed by atoms with E-state index in [2.05, 4.69) is 25.1 Å². The minimum absolute atomic E-state index is 0.167. The van der Waals surface area contributed by atoms with Crippen LogP contribution < -0.4 is 5.73 Å². The van der Waals surface area contributed by atoms with Crippen LogP contribution in [0.1, 0.15) is 76.1 Å². The van der Waals surface area contributed by atoms with Crippen molar-refractivity contribution in [3.63, 3.8) is 0 Å². The van der Waals surface area contributed by atoms with Crippen molar-refractivity contribution in [1.82, 2.24) is 9.78 Å². The SMILES string of the molecule is CCCCCCCCC(N)c1cn(C)nc1CC. The van der Waals surface area contributed by atoms with Gasteiger partial charge in [0.25, 0.3) is 0 Å². The molecule has 1 aromatic heterocycles. The molecule has 0 amide bonds. The molecule has 0 spiro atoms. The molecule has 1 heterocycles. The quantitative estimate of drug-likeness (QED) is 0.680. The van der Waals surface area contributed by atoms with Crippen LogP contribution in [0.2, 0.25) is 0 Å². The molecule has 2 N–H and O–H groups in total. The first-order valence-corrected chi connectivity index (χ1v) is 7.47. The lowest BCUT2D eigenvalue weighted by molar-refractivity contribution is 0.545. The second-order valence-corrected chi connectivity index (χ2v) is 5.22. The highest BCUT2D eigenvalue weighted by atomic mass is 15.3. The van der Waals surface area contributed by atoms with E-state index in [4.69, 9.17) is 5.73 Å². The number of nitrogens with two attached hydrogens (primary N) is 1. The van der Waals surface area contributed by atoms with E-state index in [0.717, 1.165) is 18.5 Å². The minimum atomic E-state index is 0.167. The highest BCUT2D eigenvalue weighted by Gasteiger charge is 2.13. The highest BCUT2D eigenvalue weighted by molar-refractivity contribution is 5.20. The maximum absolute atomic E-state index is 6.27. The van der Waals surface area contributed by atoms with Crippen molar-refractivity contribution < 1.29 is 0 Å². The van der Waals surface area contributed by atoms with E-state index in [-0.39, 0.29) is 6.04 Å². The number of hydrogen-bond donors (Lipinski definition) is 1. The van der Waals surface area contributed by atoms with E-state index in [1.807, 2.05) is 11.7 Å². The zero-order valence-corrected chi connectivity index (χ0v) is 12.3. The molecule has 0 aromatic carbocycles. The van der Waals surface area contributed by atoms with Crippen LogP contribution in [0.25, 0.3) is 0 Å². The molecule has 0 radical (unpaired) electrons. The molecular weight excluding hydrogens is 222 g/mol. The van der Waals surface area contributed by atoms with E-state index in [1.54, 1.807) is 0 Å². The van der Waals surface area contributed by atoms with Crippen molar-refractivity contribution in [2.45, 2.75) is 71.3 Å². The van der Waals surface area contributed by atoms with Crippen molar-refractivity contribution >= 4 is 0 Å². The standard InChI is InChI=1S/C15H29N3/c1-4-6-7-8-9-10-11-14(16)13-12-18(3)17-15(13)5-2/h12,14H,4-11,16H2,1-3H3. The van der Waals surface area contributed by atoms with Crippen molar-refractivity contribution in [1.29, 1.82) is 0 Å². The molecule has 1 atom stereocenters. The molecule has 3 nitrogen and oxygen atoms in total. The fourth-order valence-corrected chi connectivity index (χ4v) is 2.44. The normalized spacial score (nSPS) is 12.9. The summed E-state index contributed by atoms with van der Waals surface area (Å²) in [5.74, 6) is 0. The Kier molecular flexibility index (Phi) is 7.02. The summed E-state index contributed by atoms with van der Waals surface area (Å²) in [6.45, 7) is 4.40. The van der Waals surface area contributed by atoms with Crippen LogP contribution in [-0.4, -0.2) is 9.78 Å². The minimum Gasteiger partial charge on any atom is -0.324 e. The second kappa shape index (κ2) is 8.30. The Morgan fingerprint density at radius 3 is 2.50 bits per heavy atom. The van der Waals surface area contributed by atoms with Crippen molar-refractivity contribution in [3.8, 4) is 0 Å². The molecule has 0 fully saturated rings. The van der Waals surface area contributed by atoms with E-state index in [9.17, 15) is 0 Å². The summed E-state index contributed by atoms with van der Waals surface area (Å²) in [6, 6.07) is 0.167. The zero-order valence-electron chi connectivity index (χ0n) is 12.3. The van der Waals surface area contributed by atoms with Crippen molar-refractivity contribution in [3.05, 3.63) is 17.5 Å². The zero-order chi connectivity index (χ0) is 13.4. The average molecular weight is 251 g/mol. The van der Waals surface area contributed by atoms with Gasteiger partial charge in [-0.1, -0.05) is 52.4 Å². The van der Waals surface area contributed by atoms with Gasteiger partial charge in [0.05, 0.1) is 5.69 Å². The summed E-state index contributed by atoms with van der Waals surface area (Å²) in [6.07, 6.45) is 12.1. The molecule has 0 saturated heterocycles. The Bertz CT molecular complexity index is 330. The van der Waals surface area contributed by atoms with Gasteiger partial charge in [-0.25, -0.2) is 0 Å². The van der Waals surface area contributed by atoms with Crippen LogP contribution in [0.5, 0.6) is 0 Å². The first kappa shape index (κ1) is 15.2. The molecule has 0 aliphatic carbocycles. The third-order valence-electron chi connectivity index (χ3n) is 3.54. The number of nitrogens with zero attached hydrogens (tertiary/aromatic N) is 2. The van der Waals surface area contributed by atoms with Gasteiger partial charge in [0.15, 0.2) is 0 Å².